The zero-order valence-corrected chi connectivity index (χ0v) is 14.7. The molecule has 0 aliphatic rings. The maximum absolute atomic E-state index is 8.98. The van der Waals surface area contributed by atoms with E-state index in [0.717, 1.165) is 28.6 Å². The lowest BCUT2D eigenvalue weighted by atomic mass is 10.2. The van der Waals surface area contributed by atoms with Gasteiger partial charge in [0.05, 0.1) is 13.7 Å². The van der Waals surface area contributed by atoms with Crippen molar-refractivity contribution in [2.24, 2.45) is 0 Å². The summed E-state index contributed by atoms with van der Waals surface area (Å²) < 4.78 is 5.35. The first-order valence-electron chi connectivity index (χ1n) is 7.54. The predicted molar refractivity (Wildman–Crippen MR) is 98.9 cm³/mol. The minimum Gasteiger partial charge on any atom is -0.496 e. The van der Waals surface area contributed by atoms with E-state index in [0.29, 0.717) is 6.54 Å². The van der Waals surface area contributed by atoms with Crippen molar-refractivity contribution in [1.29, 1.82) is 0 Å². The fourth-order valence-corrected chi connectivity index (χ4v) is 2.93. The second-order valence-electron chi connectivity index (χ2n) is 5.23. The molecule has 0 atom stereocenters. The van der Waals surface area contributed by atoms with Gasteiger partial charge < -0.3 is 20.1 Å². The molecule has 2 aromatic carbocycles. The van der Waals surface area contributed by atoms with Gasteiger partial charge >= 0.3 is 0 Å². The Hall–Kier alpha value is -1.85. The van der Waals surface area contributed by atoms with Crippen LogP contribution in [0, 0.1) is 0 Å². The van der Waals surface area contributed by atoms with E-state index in [9.17, 15) is 0 Å². The van der Waals surface area contributed by atoms with Crippen LogP contribution in [0.25, 0.3) is 0 Å². The molecule has 0 aliphatic heterocycles. The number of anilines is 2. The number of rotatable bonds is 8. The van der Waals surface area contributed by atoms with Gasteiger partial charge in [-0.15, -0.1) is 11.8 Å². The number of nitrogens with zero attached hydrogens (tertiary/aromatic N) is 1. The van der Waals surface area contributed by atoms with Crippen molar-refractivity contribution in [2.45, 2.75) is 11.4 Å². The molecule has 2 aromatic rings. The van der Waals surface area contributed by atoms with Crippen molar-refractivity contribution in [3.05, 3.63) is 48.0 Å². The Morgan fingerprint density at radius 1 is 1.17 bits per heavy atom. The summed E-state index contributed by atoms with van der Waals surface area (Å²) in [5.41, 5.74) is 3.39. The maximum atomic E-state index is 8.98. The van der Waals surface area contributed by atoms with Crippen molar-refractivity contribution < 1.29 is 9.84 Å². The van der Waals surface area contributed by atoms with E-state index in [1.165, 1.54) is 5.56 Å². The number of hydrogen-bond acceptors (Lipinski definition) is 5. The number of thioether (sulfide) groups is 1. The van der Waals surface area contributed by atoms with Crippen LogP contribution in [0.5, 0.6) is 5.75 Å². The lowest BCUT2D eigenvalue weighted by Gasteiger charge is -2.18. The first-order chi connectivity index (χ1) is 11.2. The second kappa shape index (κ2) is 8.70. The highest BCUT2D eigenvalue weighted by atomic mass is 32.2. The van der Waals surface area contributed by atoms with Gasteiger partial charge in [-0.1, -0.05) is 6.07 Å². The standard InChI is InChI=1S/C18H24N2O2S/c1-20(10-11-21)16-7-5-15(6-8-16)19-13-14-4-9-17(22-2)18(12-14)23-3/h4-9,12,19,21H,10-11,13H2,1-3H3. The highest BCUT2D eigenvalue weighted by Crippen LogP contribution is 2.28. The zero-order chi connectivity index (χ0) is 16.7. The summed E-state index contributed by atoms with van der Waals surface area (Å²) in [7, 11) is 3.67. The van der Waals surface area contributed by atoms with E-state index in [4.69, 9.17) is 9.84 Å². The first-order valence-corrected chi connectivity index (χ1v) is 8.77. The van der Waals surface area contributed by atoms with Gasteiger partial charge in [-0.2, -0.15) is 0 Å². The van der Waals surface area contributed by atoms with Crippen LogP contribution >= 0.6 is 11.8 Å². The van der Waals surface area contributed by atoms with Gasteiger partial charge in [0.2, 0.25) is 0 Å². The van der Waals surface area contributed by atoms with Gasteiger partial charge in [0, 0.05) is 36.4 Å². The van der Waals surface area contributed by atoms with Crippen LogP contribution in [0.4, 0.5) is 11.4 Å². The molecule has 0 fully saturated rings. The Kier molecular flexibility index (Phi) is 6.62. The fourth-order valence-electron chi connectivity index (χ4n) is 2.31. The first kappa shape index (κ1) is 17.5. The largest absolute Gasteiger partial charge is 0.496 e. The molecule has 0 saturated carbocycles. The van der Waals surface area contributed by atoms with Crippen LogP contribution in [0.2, 0.25) is 0 Å². The molecule has 124 valence electrons. The number of aliphatic hydroxyl groups excluding tert-OH is 1. The topological polar surface area (TPSA) is 44.7 Å². The molecule has 0 aromatic heterocycles. The number of aliphatic hydroxyl groups is 1. The quantitative estimate of drug-likeness (QED) is 0.725. The summed E-state index contributed by atoms with van der Waals surface area (Å²) in [4.78, 5) is 3.17. The molecule has 0 aliphatic carbocycles. The predicted octanol–water partition coefficient (Wildman–Crippen LogP) is 3.46. The molecular weight excluding hydrogens is 308 g/mol. The van der Waals surface area contributed by atoms with Crippen LogP contribution in [-0.4, -0.2) is 38.7 Å². The van der Waals surface area contributed by atoms with Crippen LogP contribution < -0.4 is 15.0 Å². The molecule has 0 amide bonds. The van der Waals surface area contributed by atoms with Crippen LogP contribution in [0.3, 0.4) is 0 Å². The van der Waals surface area contributed by atoms with Gasteiger partial charge in [-0.25, -0.2) is 0 Å². The average Bonchev–Trinajstić information content (AvgIpc) is 2.60. The number of methoxy groups -OCH3 is 1. The highest BCUT2D eigenvalue weighted by molar-refractivity contribution is 7.98. The number of hydrogen-bond donors (Lipinski definition) is 2. The minimum absolute atomic E-state index is 0.158. The average molecular weight is 332 g/mol. The molecule has 5 heteroatoms. The second-order valence-corrected chi connectivity index (χ2v) is 6.08. The molecule has 0 heterocycles. The van der Waals surface area contributed by atoms with Crippen LogP contribution in [-0.2, 0) is 6.54 Å². The number of ether oxygens (including phenoxy) is 1. The Morgan fingerprint density at radius 2 is 1.91 bits per heavy atom. The van der Waals surface area contributed by atoms with Crippen molar-refractivity contribution in [3.8, 4) is 5.75 Å². The van der Waals surface area contributed by atoms with Gasteiger partial charge in [0.25, 0.3) is 0 Å². The molecule has 4 nitrogen and oxygen atoms in total. The van der Waals surface area contributed by atoms with Gasteiger partial charge in [-0.05, 0) is 48.2 Å². The summed E-state index contributed by atoms with van der Waals surface area (Å²) in [6.07, 6.45) is 2.05. The normalized spacial score (nSPS) is 10.4. The van der Waals surface area contributed by atoms with Crippen molar-refractivity contribution in [1.82, 2.24) is 0 Å². The smallest absolute Gasteiger partial charge is 0.132 e. The van der Waals surface area contributed by atoms with E-state index in [2.05, 4.69) is 48.0 Å². The Labute approximate surface area is 142 Å². The maximum Gasteiger partial charge on any atom is 0.132 e. The van der Waals surface area contributed by atoms with Gasteiger partial charge in [0.15, 0.2) is 0 Å². The molecule has 0 bridgehead atoms. The molecule has 0 spiro atoms. The molecule has 0 saturated heterocycles. The van der Waals surface area contributed by atoms with E-state index in [-0.39, 0.29) is 6.61 Å². The lowest BCUT2D eigenvalue weighted by Crippen LogP contribution is -2.20. The molecule has 2 N–H and O–H groups in total. The van der Waals surface area contributed by atoms with Crippen molar-refractivity contribution in [3.63, 3.8) is 0 Å². The lowest BCUT2D eigenvalue weighted by molar-refractivity contribution is 0.304. The monoisotopic (exact) mass is 332 g/mol. The van der Waals surface area contributed by atoms with Gasteiger partial charge in [0.1, 0.15) is 5.75 Å². The SMILES string of the molecule is COc1ccc(CNc2ccc(N(C)CCO)cc2)cc1SC. The molecule has 23 heavy (non-hydrogen) atoms. The van der Waals surface area contributed by atoms with Crippen LogP contribution in [0.1, 0.15) is 5.56 Å². The fraction of sp³-hybridized carbons (Fsp3) is 0.333. The third-order valence-corrected chi connectivity index (χ3v) is 4.45. The van der Waals surface area contributed by atoms with E-state index in [1.54, 1.807) is 18.9 Å². The van der Waals surface area contributed by atoms with Crippen LogP contribution in [0.15, 0.2) is 47.4 Å². The third-order valence-electron chi connectivity index (χ3n) is 3.69. The van der Waals surface area contributed by atoms with E-state index < -0.39 is 0 Å². The number of likely N-dealkylation sites (N-methyl/N-ethyl adjacent to an activating group) is 1. The summed E-state index contributed by atoms with van der Waals surface area (Å²) >= 11 is 1.69. The third kappa shape index (κ3) is 4.81. The molecule has 2 rings (SSSR count). The summed E-state index contributed by atoms with van der Waals surface area (Å²) in [5.74, 6) is 0.914. The van der Waals surface area contributed by atoms with Crippen molar-refractivity contribution in [2.75, 3.05) is 43.8 Å². The molecular formula is C18H24N2O2S. The Balaban J connectivity index is 1.98. The molecule has 0 radical (unpaired) electrons. The summed E-state index contributed by atoms with van der Waals surface area (Å²) in [6, 6.07) is 14.5. The number of nitrogens with one attached hydrogen (secondary N) is 1. The number of benzene rings is 2. The van der Waals surface area contributed by atoms with E-state index in [1.807, 2.05) is 18.0 Å². The van der Waals surface area contributed by atoms with E-state index >= 15 is 0 Å². The molecule has 0 unspecified atom stereocenters. The van der Waals surface area contributed by atoms with Gasteiger partial charge in [-0.3, -0.25) is 0 Å². The Bertz CT molecular complexity index is 617. The summed E-state index contributed by atoms with van der Waals surface area (Å²) in [6.45, 7) is 1.56. The van der Waals surface area contributed by atoms with Crippen molar-refractivity contribution >= 4 is 23.1 Å². The Morgan fingerprint density at radius 3 is 2.52 bits per heavy atom. The highest BCUT2D eigenvalue weighted by Gasteiger charge is 2.04. The summed E-state index contributed by atoms with van der Waals surface area (Å²) in [5, 5.41) is 12.4. The minimum atomic E-state index is 0.158. The zero-order valence-electron chi connectivity index (χ0n) is 13.9.